The fraction of sp³-hybridized carbons (Fsp3) is 0.231. The zero-order valence-corrected chi connectivity index (χ0v) is 19.3. The molecule has 0 unspecified atom stereocenters. The van der Waals surface area contributed by atoms with Gasteiger partial charge in [-0.1, -0.05) is 0 Å². The molecule has 4 rings (SSSR count). The molecule has 174 valence electrons. The molecule has 0 fully saturated rings. The number of carbonyl (C=O) groups is 1. The van der Waals surface area contributed by atoms with Crippen LogP contribution in [-0.2, 0) is 4.79 Å². The molecule has 0 saturated carbocycles. The van der Waals surface area contributed by atoms with E-state index in [2.05, 4.69) is 20.6 Å². The van der Waals surface area contributed by atoms with E-state index in [-0.39, 0.29) is 11.3 Å². The van der Waals surface area contributed by atoms with Crippen LogP contribution in [0.15, 0.2) is 63.8 Å². The number of nitrogens with zero attached hydrogens (tertiary/aromatic N) is 2. The molecule has 34 heavy (non-hydrogen) atoms. The number of anilines is 2. The maximum Gasteiger partial charge on any atom is 0.224 e. The van der Waals surface area contributed by atoms with Crippen molar-refractivity contribution in [2.24, 2.45) is 0 Å². The van der Waals surface area contributed by atoms with Gasteiger partial charge < -0.3 is 19.8 Å². The van der Waals surface area contributed by atoms with Crippen LogP contribution in [0.2, 0.25) is 0 Å². The minimum Gasteiger partial charge on any atom is -0.497 e. The number of ether oxygens (including phenoxy) is 1. The first-order valence-electron chi connectivity index (χ1n) is 11.0. The molecule has 2 aromatic carbocycles. The summed E-state index contributed by atoms with van der Waals surface area (Å²) in [6.07, 6.45) is 1.01. The van der Waals surface area contributed by atoms with Crippen molar-refractivity contribution in [2.75, 3.05) is 24.3 Å². The number of hydrogen-bond donors (Lipinski definition) is 2. The molecule has 8 nitrogen and oxygen atoms in total. The average Bonchev–Trinajstić information content (AvgIpc) is 2.81. The summed E-state index contributed by atoms with van der Waals surface area (Å²) in [6.45, 7) is 4.44. The molecule has 0 spiro atoms. The van der Waals surface area contributed by atoms with Gasteiger partial charge in [-0.25, -0.2) is 9.97 Å². The summed E-state index contributed by atoms with van der Waals surface area (Å²) in [5.74, 6) is 1.55. The van der Waals surface area contributed by atoms with E-state index < -0.39 is 0 Å². The van der Waals surface area contributed by atoms with Gasteiger partial charge in [0.2, 0.25) is 11.9 Å². The molecule has 0 aliphatic carbocycles. The Labute approximate surface area is 197 Å². The van der Waals surface area contributed by atoms with Crippen LogP contribution in [0.25, 0.3) is 22.3 Å². The third kappa shape index (κ3) is 5.58. The lowest BCUT2D eigenvalue weighted by atomic mass is 10.1. The van der Waals surface area contributed by atoms with E-state index in [0.717, 1.165) is 17.0 Å². The first kappa shape index (κ1) is 23.0. The van der Waals surface area contributed by atoms with E-state index in [1.807, 2.05) is 32.0 Å². The molecular formula is C26H26N4O4. The maximum absolute atomic E-state index is 12.5. The molecule has 1 amide bonds. The first-order valence-corrected chi connectivity index (χ1v) is 11.0. The lowest BCUT2D eigenvalue weighted by molar-refractivity contribution is -0.116. The zero-order chi connectivity index (χ0) is 24.1. The molecule has 2 heterocycles. The van der Waals surface area contributed by atoms with Crippen LogP contribution < -0.4 is 20.8 Å². The zero-order valence-electron chi connectivity index (χ0n) is 19.3. The molecule has 0 atom stereocenters. The topological polar surface area (TPSA) is 106 Å². The minimum absolute atomic E-state index is 0.0814. The van der Waals surface area contributed by atoms with Gasteiger partial charge in [-0.05, 0) is 68.8 Å². The molecule has 0 bridgehead atoms. The lowest BCUT2D eigenvalue weighted by Gasteiger charge is -2.08. The van der Waals surface area contributed by atoms with E-state index >= 15 is 0 Å². The molecule has 0 saturated heterocycles. The summed E-state index contributed by atoms with van der Waals surface area (Å²) in [4.78, 5) is 33.5. The van der Waals surface area contributed by atoms with E-state index in [1.54, 1.807) is 37.4 Å². The average molecular weight is 459 g/mol. The highest BCUT2D eigenvalue weighted by molar-refractivity contribution is 5.91. The van der Waals surface area contributed by atoms with Crippen molar-refractivity contribution in [3.8, 4) is 17.1 Å². The second kappa shape index (κ2) is 10.2. The quantitative estimate of drug-likeness (QED) is 0.368. The molecule has 2 N–H and O–H groups in total. The third-order valence-corrected chi connectivity index (χ3v) is 5.23. The number of amides is 1. The second-order valence-electron chi connectivity index (χ2n) is 7.97. The Morgan fingerprint density at radius 1 is 1.00 bits per heavy atom. The number of rotatable bonds is 8. The summed E-state index contributed by atoms with van der Waals surface area (Å²) < 4.78 is 11.1. The SMILES string of the molecule is COc1ccc2oc(-c3ccc(NC(=O)CCCNc4nc(C)cc(C)n4)cc3)cc(=O)c2c1. The smallest absolute Gasteiger partial charge is 0.224 e. The minimum atomic E-state index is -0.146. The Kier molecular flexibility index (Phi) is 6.87. The Bertz CT molecular complexity index is 1360. The van der Waals surface area contributed by atoms with Gasteiger partial charge >= 0.3 is 0 Å². The number of aromatic nitrogens is 2. The number of fused-ring (bicyclic) bond motifs is 1. The Morgan fingerprint density at radius 3 is 2.44 bits per heavy atom. The molecule has 0 radical (unpaired) electrons. The van der Waals surface area contributed by atoms with E-state index in [0.29, 0.717) is 53.5 Å². The Balaban J connectivity index is 1.33. The fourth-order valence-corrected chi connectivity index (χ4v) is 3.60. The first-order chi connectivity index (χ1) is 16.4. The van der Waals surface area contributed by atoms with Crippen LogP contribution in [0.4, 0.5) is 11.6 Å². The van der Waals surface area contributed by atoms with E-state index in [1.165, 1.54) is 6.07 Å². The standard InChI is InChI=1S/C26H26N4O4/c1-16-13-17(2)29-26(28-16)27-12-4-5-25(32)30-19-8-6-18(7-9-19)24-15-22(31)21-14-20(33-3)10-11-23(21)34-24/h6-11,13-15H,4-5,12H2,1-3H3,(H,30,32)(H,27,28,29). The van der Waals surface area contributed by atoms with Crippen molar-refractivity contribution in [3.63, 3.8) is 0 Å². The molecule has 4 aromatic rings. The van der Waals surface area contributed by atoms with Crippen LogP contribution >= 0.6 is 0 Å². The van der Waals surface area contributed by atoms with Crippen LogP contribution in [0.3, 0.4) is 0 Å². The Morgan fingerprint density at radius 2 is 1.74 bits per heavy atom. The summed E-state index contributed by atoms with van der Waals surface area (Å²) in [6, 6.07) is 15.7. The van der Waals surface area contributed by atoms with Gasteiger partial charge in [0.1, 0.15) is 17.1 Å². The molecule has 8 heteroatoms. The molecule has 0 aliphatic heterocycles. The van der Waals surface area contributed by atoms with Crippen molar-refractivity contribution in [3.05, 3.63) is 76.2 Å². The van der Waals surface area contributed by atoms with Crippen LogP contribution in [0.5, 0.6) is 5.75 Å². The predicted molar refractivity (Wildman–Crippen MR) is 132 cm³/mol. The highest BCUT2D eigenvalue weighted by Crippen LogP contribution is 2.25. The summed E-state index contributed by atoms with van der Waals surface area (Å²) in [5.41, 5.74) is 3.56. The van der Waals surface area contributed by atoms with Crippen molar-refractivity contribution in [2.45, 2.75) is 26.7 Å². The van der Waals surface area contributed by atoms with Gasteiger partial charge in [0, 0.05) is 41.7 Å². The predicted octanol–water partition coefficient (Wildman–Crippen LogP) is 4.71. The monoisotopic (exact) mass is 458 g/mol. The second-order valence-corrected chi connectivity index (χ2v) is 7.97. The van der Waals surface area contributed by atoms with Crippen LogP contribution in [-0.4, -0.2) is 29.5 Å². The number of methoxy groups -OCH3 is 1. The molecule has 2 aromatic heterocycles. The molecule has 0 aliphatic rings. The lowest BCUT2D eigenvalue weighted by Crippen LogP contribution is -2.14. The van der Waals surface area contributed by atoms with Crippen LogP contribution in [0, 0.1) is 13.8 Å². The fourth-order valence-electron chi connectivity index (χ4n) is 3.60. The largest absolute Gasteiger partial charge is 0.497 e. The van der Waals surface area contributed by atoms with Crippen molar-refractivity contribution in [1.82, 2.24) is 9.97 Å². The number of benzene rings is 2. The highest BCUT2D eigenvalue weighted by atomic mass is 16.5. The third-order valence-electron chi connectivity index (χ3n) is 5.23. The van der Waals surface area contributed by atoms with Gasteiger partial charge in [-0.15, -0.1) is 0 Å². The van der Waals surface area contributed by atoms with Gasteiger partial charge in [0.25, 0.3) is 0 Å². The number of carbonyl (C=O) groups excluding carboxylic acids is 1. The number of aryl methyl sites for hydroxylation is 2. The van der Waals surface area contributed by atoms with Crippen LogP contribution in [0.1, 0.15) is 24.2 Å². The van der Waals surface area contributed by atoms with E-state index in [9.17, 15) is 9.59 Å². The van der Waals surface area contributed by atoms with Crippen molar-refractivity contribution < 1.29 is 13.9 Å². The highest BCUT2D eigenvalue weighted by Gasteiger charge is 2.09. The Hall–Kier alpha value is -4.20. The summed E-state index contributed by atoms with van der Waals surface area (Å²) >= 11 is 0. The van der Waals surface area contributed by atoms with Crippen molar-refractivity contribution >= 4 is 28.5 Å². The van der Waals surface area contributed by atoms with Gasteiger partial charge in [-0.2, -0.15) is 0 Å². The van der Waals surface area contributed by atoms with Gasteiger partial charge in [0.05, 0.1) is 12.5 Å². The summed E-state index contributed by atoms with van der Waals surface area (Å²) in [5, 5.41) is 6.50. The summed E-state index contributed by atoms with van der Waals surface area (Å²) in [7, 11) is 1.55. The normalized spacial score (nSPS) is 10.8. The number of hydrogen-bond acceptors (Lipinski definition) is 7. The maximum atomic E-state index is 12.5. The van der Waals surface area contributed by atoms with Crippen molar-refractivity contribution in [1.29, 1.82) is 0 Å². The number of nitrogens with one attached hydrogen (secondary N) is 2. The molecular weight excluding hydrogens is 432 g/mol. The van der Waals surface area contributed by atoms with Gasteiger partial charge in [-0.3, -0.25) is 9.59 Å². The van der Waals surface area contributed by atoms with Gasteiger partial charge in [0.15, 0.2) is 5.43 Å². The van der Waals surface area contributed by atoms with E-state index in [4.69, 9.17) is 9.15 Å².